The van der Waals surface area contributed by atoms with E-state index in [1.807, 2.05) is 24.4 Å². The molecular weight excluding hydrogens is 214 g/mol. The largest absolute Gasteiger partial charge is 0.477 e. The Hall–Kier alpha value is -1.62. The van der Waals surface area contributed by atoms with Crippen LogP contribution in [0, 0.1) is 0 Å². The molecule has 1 N–H and O–H groups in total. The third-order valence-electron chi connectivity index (χ3n) is 2.05. The fourth-order valence-electron chi connectivity index (χ4n) is 1.37. The average Bonchev–Trinajstić information content (AvgIpc) is 2.85. The highest BCUT2D eigenvalue weighted by Gasteiger charge is 2.22. The van der Waals surface area contributed by atoms with Crippen LogP contribution in [0.4, 0.5) is 0 Å². The SMILES string of the molecule is CCc1onc(-c2cccs2)c1C(=O)O. The highest BCUT2D eigenvalue weighted by molar-refractivity contribution is 7.13. The quantitative estimate of drug-likeness (QED) is 0.868. The van der Waals surface area contributed by atoms with Crippen LogP contribution in [0.2, 0.25) is 0 Å². The molecule has 15 heavy (non-hydrogen) atoms. The van der Waals surface area contributed by atoms with Gasteiger partial charge in [-0.05, 0) is 11.4 Å². The number of aromatic carboxylic acids is 1. The van der Waals surface area contributed by atoms with E-state index in [2.05, 4.69) is 5.16 Å². The molecule has 4 nitrogen and oxygen atoms in total. The van der Waals surface area contributed by atoms with Gasteiger partial charge in [-0.15, -0.1) is 11.3 Å². The standard InChI is InChI=1S/C10H9NO3S/c1-2-6-8(10(12)13)9(11-14-6)7-4-3-5-15-7/h3-5H,2H2,1H3,(H,12,13). The molecule has 0 bridgehead atoms. The van der Waals surface area contributed by atoms with E-state index >= 15 is 0 Å². The number of aromatic nitrogens is 1. The van der Waals surface area contributed by atoms with Crippen LogP contribution in [-0.2, 0) is 6.42 Å². The molecule has 0 radical (unpaired) electrons. The summed E-state index contributed by atoms with van der Waals surface area (Å²) in [7, 11) is 0. The van der Waals surface area contributed by atoms with Crippen molar-refractivity contribution in [2.75, 3.05) is 0 Å². The summed E-state index contributed by atoms with van der Waals surface area (Å²) in [6, 6.07) is 3.68. The Morgan fingerprint density at radius 3 is 3.00 bits per heavy atom. The van der Waals surface area contributed by atoms with Crippen LogP contribution in [0.15, 0.2) is 22.0 Å². The predicted molar refractivity (Wildman–Crippen MR) is 56.2 cm³/mol. The summed E-state index contributed by atoms with van der Waals surface area (Å²) in [4.78, 5) is 11.9. The van der Waals surface area contributed by atoms with E-state index in [1.165, 1.54) is 11.3 Å². The van der Waals surface area contributed by atoms with Crippen molar-refractivity contribution >= 4 is 17.3 Å². The summed E-state index contributed by atoms with van der Waals surface area (Å²) < 4.78 is 5.01. The molecule has 0 unspecified atom stereocenters. The van der Waals surface area contributed by atoms with Crippen molar-refractivity contribution in [1.82, 2.24) is 5.16 Å². The zero-order chi connectivity index (χ0) is 10.8. The minimum atomic E-state index is -0.989. The predicted octanol–water partition coefficient (Wildman–Crippen LogP) is 2.66. The Kier molecular flexibility index (Phi) is 2.55. The summed E-state index contributed by atoms with van der Waals surface area (Å²) in [5, 5.41) is 14.8. The van der Waals surface area contributed by atoms with Gasteiger partial charge in [-0.25, -0.2) is 4.79 Å². The molecule has 0 atom stereocenters. The first kappa shape index (κ1) is 9.92. The number of nitrogens with zero attached hydrogens (tertiary/aromatic N) is 1. The second-order valence-electron chi connectivity index (χ2n) is 2.97. The molecule has 2 aromatic heterocycles. The number of carboxylic acids is 1. The van der Waals surface area contributed by atoms with Gasteiger partial charge in [-0.3, -0.25) is 0 Å². The normalized spacial score (nSPS) is 10.5. The highest BCUT2D eigenvalue weighted by Crippen LogP contribution is 2.29. The maximum atomic E-state index is 11.1. The first-order valence-electron chi connectivity index (χ1n) is 4.49. The molecule has 0 fully saturated rings. The van der Waals surface area contributed by atoms with E-state index in [4.69, 9.17) is 9.63 Å². The molecule has 2 aromatic rings. The molecule has 0 amide bonds. The number of hydrogen-bond donors (Lipinski definition) is 1. The van der Waals surface area contributed by atoms with Crippen molar-refractivity contribution in [3.8, 4) is 10.6 Å². The van der Waals surface area contributed by atoms with Crippen LogP contribution < -0.4 is 0 Å². The van der Waals surface area contributed by atoms with Crippen LogP contribution in [0.1, 0.15) is 23.0 Å². The Labute approximate surface area is 90.1 Å². The van der Waals surface area contributed by atoms with Crippen LogP contribution >= 0.6 is 11.3 Å². The van der Waals surface area contributed by atoms with Gasteiger partial charge < -0.3 is 9.63 Å². The summed E-state index contributed by atoms with van der Waals surface area (Å²) in [6.07, 6.45) is 0.528. The van der Waals surface area contributed by atoms with Crippen molar-refractivity contribution in [2.24, 2.45) is 0 Å². The molecule has 0 aliphatic carbocycles. The molecule has 2 rings (SSSR count). The van der Waals surface area contributed by atoms with E-state index in [0.717, 1.165) is 4.88 Å². The topological polar surface area (TPSA) is 63.3 Å². The number of hydrogen-bond acceptors (Lipinski definition) is 4. The fourth-order valence-corrected chi connectivity index (χ4v) is 2.08. The molecule has 0 aromatic carbocycles. The average molecular weight is 223 g/mol. The van der Waals surface area contributed by atoms with Crippen LogP contribution in [0.3, 0.4) is 0 Å². The number of carboxylic acid groups (broad SMARTS) is 1. The van der Waals surface area contributed by atoms with Crippen molar-refractivity contribution in [3.63, 3.8) is 0 Å². The Morgan fingerprint density at radius 2 is 2.47 bits per heavy atom. The number of thiophene rings is 1. The minimum Gasteiger partial charge on any atom is -0.477 e. The molecule has 0 aliphatic rings. The zero-order valence-electron chi connectivity index (χ0n) is 8.06. The van der Waals surface area contributed by atoms with Crippen molar-refractivity contribution in [3.05, 3.63) is 28.8 Å². The zero-order valence-corrected chi connectivity index (χ0v) is 8.87. The molecule has 0 saturated carbocycles. The van der Waals surface area contributed by atoms with E-state index in [1.54, 1.807) is 0 Å². The lowest BCUT2D eigenvalue weighted by molar-refractivity contribution is 0.0695. The molecule has 2 heterocycles. The van der Waals surface area contributed by atoms with Crippen LogP contribution in [0.25, 0.3) is 10.6 Å². The summed E-state index contributed by atoms with van der Waals surface area (Å²) in [6.45, 7) is 1.84. The second kappa shape index (κ2) is 3.86. The van der Waals surface area contributed by atoms with E-state index < -0.39 is 5.97 Å². The molecule has 78 valence electrons. The van der Waals surface area contributed by atoms with E-state index in [0.29, 0.717) is 17.9 Å². The number of rotatable bonds is 3. The second-order valence-corrected chi connectivity index (χ2v) is 3.91. The summed E-state index contributed by atoms with van der Waals surface area (Å²) in [5.41, 5.74) is 0.606. The van der Waals surface area contributed by atoms with Crippen molar-refractivity contribution in [1.29, 1.82) is 0 Å². The van der Waals surface area contributed by atoms with Gasteiger partial charge in [-0.2, -0.15) is 0 Å². The van der Waals surface area contributed by atoms with E-state index in [-0.39, 0.29) is 5.56 Å². The lowest BCUT2D eigenvalue weighted by atomic mass is 10.1. The van der Waals surface area contributed by atoms with E-state index in [9.17, 15) is 4.79 Å². The van der Waals surface area contributed by atoms with Gasteiger partial charge in [0.1, 0.15) is 11.3 Å². The maximum Gasteiger partial charge on any atom is 0.341 e. The Morgan fingerprint density at radius 1 is 1.67 bits per heavy atom. The number of aryl methyl sites for hydroxylation is 1. The van der Waals surface area contributed by atoms with Gasteiger partial charge in [0, 0.05) is 6.42 Å². The molecular formula is C10H9NO3S. The highest BCUT2D eigenvalue weighted by atomic mass is 32.1. The molecule has 0 saturated heterocycles. The minimum absolute atomic E-state index is 0.181. The van der Waals surface area contributed by atoms with Crippen molar-refractivity contribution < 1.29 is 14.4 Å². The monoisotopic (exact) mass is 223 g/mol. The number of carbonyl (C=O) groups is 1. The smallest absolute Gasteiger partial charge is 0.341 e. The van der Waals surface area contributed by atoms with Crippen LogP contribution in [-0.4, -0.2) is 16.2 Å². The van der Waals surface area contributed by atoms with Crippen LogP contribution in [0.5, 0.6) is 0 Å². The molecule has 5 heteroatoms. The molecule has 0 aliphatic heterocycles. The van der Waals surface area contributed by atoms with Crippen molar-refractivity contribution in [2.45, 2.75) is 13.3 Å². The van der Waals surface area contributed by atoms with Gasteiger partial charge in [0.05, 0.1) is 4.88 Å². The summed E-state index contributed by atoms with van der Waals surface area (Å²) in [5.74, 6) is -0.567. The Balaban J connectivity index is 2.58. The van der Waals surface area contributed by atoms with Gasteiger partial charge >= 0.3 is 5.97 Å². The third-order valence-corrected chi connectivity index (χ3v) is 2.93. The van der Waals surface area contributed by atoms with Gasteiger partial charge in [0.2, 0.25) is 0 Å². The fraction of sp³-hybridized carbons (Fsp3) is 0.200. The Bertz CT molecular complexity index is 473. The van der Waals surface area contributed by atoms with Gasteiger partial charge in [0.15, 0.2) is 5.76 Å². The first-order chi connectivity index (χ1) is 7.24. The maximum absolute atomic E-state index is 11.1. The third kappa shape index (κ3) is 1.66. The van der Waals surface area contributed by atoms with Gasteiger partial charge in [-0.1, -0.05) is 18.1 Å². The first-order valence-corrected chi connectivity index (χ1v) is 5.37. The molecule has 0 spiro atoms. The summed E-state index contributed by atoms with van der Waals surface area (Å²) >= 11 is 1.45. The van der Waals surface area contributed by atoms with Gasteiger partial charge in [0.25, 0.3) is 0 Å². The lowest BCUT2D eigenvalue weighted by Gasteiger charge is -1.94. The lowest BCUT2D eigenvalue weighted by Crippen LogP contribution is -2.00.